The minimum atomic E-state index is 0.306. The smallest absolute Gasteiger partial charge is 0.124 e. The Morgan fingerprint density at radius 2 is 1.06 bits per heavy atom. The number of ether oxygens (including phenoxy) is 1. The van der Waals surface area contributed by atoms with Gasteiger partial charge in [0.15, 0.2) is 0 Å². The van der Waals surface area contributed by atoms with Crippen LogP contribution in [0.3, 0.4) is 0 Å². The molecule has 0 radical (unpaired) electrons. The predicted octanol–water partition coefficient (Wildman–Crippen LogP) is 16.0. The fourth-order valence-electron chi connectivity index (χ4n) is 6.84. The number of nitrogens with one attached hydrogen (secondary N) is 1. The topological polar surface area (TPSA) is 38.3 Å². The van der Waals surface area contributed by atoms with Gasteiger partial charge in [0, 0.05) is 19.1 Å². The maximum Gasteiger partial charge on any atom is 0.124 e. The molecule has 5 atom stereocenters. The van der Waals surface area contributed by atoms with E-state index in [1.807, 2.05) is 0 Å². The molecule has 316 valence electrons. The second kappa shape index (κ2) is 49.0. The molecule has 4 heteroatoms. The third kappa shape index (κ3) is 44.3. The van der Waals surface area contributed by atoms with Gasteiger partial charge in [0.05, 0.1) is 6.10 Å². The number of carbonyl (C=O) groups excluding carboxylic acids is 1. The second-order valence-corrected chi connectivity index (χ2v) is 16.8. The van der Waals surface area contributed by atoms with Gasteiger partial charge in [0.25, 0.3) is 0 Å². The van der Waals surface area contributed by atoms with Crippen LogP contribution < -0.4 is 5.32 Å². The summed E-state index contributed by atoms with van der Waals surface area (Å²) in [6, 6.07) is 0. The van der Waals surface area contributed by atoms with Crippen LogP contribution in [-0.4, -0.2) is 37.8 Å². The highest BCUT2D eigenvalue weighted by molar-refractivity contribution is 7.80. The third-order valence-electron chi connectivity index (χ3n) is 11.0. The van der Waals surface area contributed by atoms with Crippen molar-refractivity contribution in [1.82, 2.24) is 5.32 Å². The molecule has 1 saturated heterocycles. The van der Waals surface area contributed by atoms with Crippen LogP contribution in [0.5, 0.6) is 0 Å². The summed E-state index contributed by atoms with van der Waals surface area (Å²) in [5.41, 5.74) is 0. The van der Waals surface area contributed by atoms with Crippen LogP contribution in [-0.2, 0) is 9.53 Å². The minimum Gasteiger partial charge on any atom is -0.378 e. The van der Waals surface area contributed by atoms with Crippen LogP contribution in [0, 0.1) is 23.7 Å². The van der Waals surface area contributed by atoms with Crippen molar-refractivity contribution in [1.29, 1.82) is 0 Å². The van der Waals surface area contributed by atoms with Gasteiger partial charge in [-0.25, -0.2) is 0 Å². The molecule has 1 heterocycles. The van der Waals surface area contributed by atoms with E-state index in [9.17, 15) is 4.79 Å². The SMILES string of the molecule is CCC.CCCCCC(CC)CCCCCCCS.CCCCCCCCC(CCCCCC)CO[C@@H](CC)CCC(C)CC.O=CC1CCNC1. The minimum absolute atomic E-state index is 0.306. The highest BCUT2D eigenvalue weighted by Crippen LogP contribution is 2.23. The van der Waals surface area contributed by atoms with Crippen molar-refractivity contribution < 1.29 is 9.53 Å². The molecule has 1 fully saturated rings. The lowest BCUT2D eigenvalue weighted by Crippen LogP contribution is -2.19. The first-order valence-corrected chi connectivity index (χ1v) is 24.4. The number of thiol groups is 1. The Balaban J connectivity index is -0.000000772. The maximum absolute atomic E-state index is 9.97. The Labute approximate surface area is 336 Å². The molecule has 3 nitrogen and oxygen atoms in total. The molecule has 0 amide bonds. The van der Waals surface area contributed by atoms with E-state index in [1.54, 1.807) is 0 Å². The molecule has 52 heavy (non-hydrogen) atoms. The zero-order valence-electron chi connectivity index (χ0n) is 37.6. The summed E-state index contributed by atoms with van der Waals surface area (Å²) in [5.74, 6) is 4.03. The lowest BCUT2D eigenvalue weighted by atomic mass is 9.92. The molecule has 0 aromatic carbocycles. The average Bonchev–Trinajstić information content (AvgIpc) is 3.70. The van der Waals surface area contributed by atoms with Crippen molar-refractivity contribution in [3.05, 3.63) is 0 Å². The van der Waals surface area contributed by atoms with Gasteiger partial charge in [0.1, 0.15) is 6.29 Å². The largest absolute Gasteiger partial charge is 0.378 e. The molecule has 1 N–H and O–H groups in total. The lowest BCUT2D eigenvalue weighted by Gasteiger charge is -2.23. The normalized spacial score (nSPS) is 16.0. The number of aldehydes is 1. The van der Waals surface area contributed by atoms with E-state index in [1.165, 1.54) is 180 Å². The van der Waals surface area contributed by atoms with Crippen LogP contribution in [0.4, 0.5) is 0 Å². The summed E-state index contributed by atoms with van der Waals surface area (Å²) < 4.78 is 6.40. The van der Waals surface area contributed by atoms with Gasteiger partial charge in [-0.3, -0.25) is 0 Å². The van der Waals surface area contributed by atoms with Gasteiger partial charge >= 0.3 is 0 Å². The molecular formula is C48H101NO2S. The van der Waals surface area contributed by atoms with Crippen LogP contribution in [0.2, 0.25) is 0 Å². The number of unbranched alkanes of at least 4 members (excludes halogenated alkanes) is 14. The molecule has 0 aliphatic carbocycles. The lowest BCUT2D eigenvalue weighted by molar-refractivity contribution is -0.110. The quantitative estimate of drug-likeness (QED) is 0.0398. The van der Waals surface area contributed by atoms with E-state index < -0.39 is 0 Å². The van der Waals surface area contributed by atoms with Crippen molar-refractivity contribution >= 4 is 18.9 Å². The second-order valence-electron chi connectivity index (χ2n) is 16.4. The Bertz CT molecular complexity index is 626. The van der Waals surface area contributed by atoms with Crippen molar-refractivity contribution in [3.63, 3.8) is 0 Å². The fraction of sp³-hybridized carbons (Fsp3) is 0.979. The molecule has 0 saturated carbocycles. The molecule has 0 aromatic heterocycles. The highest BCUT2D eigenvalue weighted by Gasteiger charge is 2.14. The monoisotopic (exact) mass is 756 g/mol. The molecule has 4 unspecified atom stereocenters. The summed E-state index contributed by atoms with van der Waals surface area (Å²) in [7, 11) is 0. The first-order chi connectivity index (χ1) is 25.4. The van der Waals surface area contributed by atoms with Gasteiger partial charge < -0.3 is 14.8 Å². The van der Waals surface area contributed by atoms with Crippen LogP contribution >= 0.6 is 12.6 Å². The first kappa shape index (κ1) is 56.3. The van der Waals surface area contributed by atoms with E-state index >= 15 is 0 Å². The summed E-state index contributed by atoms with van der Waals surface area (Å²) in [6.45, 7) is 23.4. The number of hydrogen-bond acceptors (Lipinski definition) is 4. The Morgan fingerprint density at radius 3 is 1.48 bits per heavy atom. The summed E-state index contributed by atoms with van der Waals surface area (Å²) in [5, 5.41) is 3.09. The number of carbonyl (C=O) groups is 1. The number of rotatable bonds is 33. The molecule has 1 aliphatic heterocycles. The summed E-state index contributed by atoms with van der Waals surface area (Å²) in [6.07, 6.45) is 41.2. The predicted molar refractivity (Wildman–Crippen MR) is 241 cm³/mol. The zero-order chi connectivity index (χ0) is 39.3. The van der Waals surface area contributed by atoms with Gasteiger partial charge in [-0.1, -0.05) is 204 Å². The standard InChI is InChI=1S/C25H52O.C15H32S.C5H9NO.C3H8/c1-6-10-12-14-15-17-19-24(18-16-13-11-7-2)22-26-25(9-4)21-20-23(5)8-3;1-3-5-9-12-15(4-2)13-10-7-6-8-11-14-16;7-4-5-1-2-6-3-5;1-3-2/h23-25H,6-22H2,1-5H3;15-16H,3-14H2,1-2H3;4-6H,1-3H2;3H2,1-2H3/t23?,24?,25-;;;/m0.../s1. The summed E-state index contributed by atoms with van der Waals surface area (Å²) in [4.78, 5) is 9.97. The van der Waals surface area contributed by atoms with E-state index in [2.05, 4.69) is 80.3 Å². The van der Waals surface area contributed by atoms with Gasteiger partial charge in [0.2, 0.25) is 0 Å². The van der Waals surface area contributed by atoms with Gasteiger partial charge in [-0.15, -0.1) is 0 Å². The zero-order valence-corrected chi connectivity index (χ0v) is 38.5. The average molecular weight is 756 g/mol. The van der Waals surface area contributed by atoms with Crippen LogP contribution in [0.15, 0.2) is 0 Å². The van der Waals surface area contributed by atoms with Crippen molar-refractivity contribution in [2.24, 2.45) is 23.7 Å². The Hall–Kier alpha value is -0.0600. The summed E-state index contributed by atoms with van der Waals surface area (Å²) >= 11 is 4.24. The van der Waals surface area contributed by atoms with Crippen molar-refractivity contribution in [3.8, 4) is 0 Å². The molecule has 0 aromatic rings. The van der Waals surface area contributed by atoms with E-state index in [-0.39, 0.29) is 0 Å². The third-order valence-corrected chi connectivity index (χ3v) is 11.3. The van der Waals surface area contributed by atoms with Crippen LogP contribution in [0.1, 0.15) is 249 Å². The van der Waals surface area contributed by atoms with Crippen molar-refractivity contribution in [2.75, 3.05) is 25.4 Å². The Kier molecular flexibility index (Phi) is 53.0. The van der Waals surface area contributed by atoms with E-state index in [4.69, 9.17) is 4.74 Å². The van der Waals surface area contributed by atoms with Gasteiger partial charge in [-0.05, 0) is 75.0 Å². The van der Waals surface area contributed by atoms with Gasteiger partial charge in [-0.2, -0.15) is 12.6 Å². The molecule has 1 aliphatic rings. The molecular weight excluding hydrogens is 655 g/mol. The van der Waals surface area contributed by atoms with E-state index in [0.717, 1.165) is 55.9 Å². The Morgan fingerprint density at radius 1 is 0.596 bits per heavy atom. The van der Waals surface area contributed by atoms with E-state index in [0.29, 0.717) is 12.0 Å². The van der Waals surface area contributed by atoms with Crippen LogP contribution in [0.25, 0.3) is 0 Å². The number of hydrogen-bond donors (Lipinski definition) is 2. The molecule has 1 rings (SSSR count). The van der Waals surface area contributed by atoms with Crippen molar-refractivity contribution in [2.45, 2.75) is 255 Å². The molecule has 0 bridgehead atoms. The molecule has 0 spiro atoms. The fourth-order valence-corrected chi connectivity index (χ4v) is 7.06. The maximum atomic E-state index is 9.97. The highest BCUT2D eigenvalue weighted by atomic mass is 32.1. The first-order valence-electron chi connectivity index (χ1n) is 23.7.